The minimum atomic E-state index is -0.0579. The third-order valence-corrected chi connectivity index (χ3v) is 3.90. The fourth-order valence-electron chi connectivity index (χ4n) is 2.71. The number of hydrogen-bond donors (Lipinski definition) is 1. The van der Waals surface area contributed by atoms with Crippen LogP contribution >= 0.6 is 0 Å². The Morgan fingerprint density at radius 3 is 2.90 bits per heavy atom. The maximum absolute atomic E-state index is 5.48. The van der Waals surface area contributed by atoms with E-state index in [0.29, 0.717) is 6.61 Å². The highest BCUT2D eigenvalue weighted by Crippen LogP contribution is 2.38. The molecule has 0 aliphatic carbocycles. The van der Waals surface area contributed by atoms with Gasteiger partial charge in [0.1, 0.15) is 5.82 Å². The zero-order valence-electron chi connectivity index (χ0n) is 11.3. The van der Waals surface area contributed by atoms with Gasteiger partial charge in [0.05, 0.1) is 12.1 Å². The number of anilines is 1. The average Bonchev–Trinajstić information content (AvgIpc) is 3.05. The molecular formula is C15H16N2O3. The first-order chi connectivity index (χ1) is 9.73. The fourth-order valence-corrected chi connectivity index (χ4v) is 2.71. The van der Waals surface area contributed by atoms with Crippen molar-refractivity contribution in [3.8, 4) is 11.5 Å². The van der Waals surface area contributed by atoms with Gasteiger partial charge in [-0.25, -0.2) is 4.98 Å². The third kappa shape index (κ3) is 1.86. The molecule has 0 spiro atoms. The van der Waals surface area contributed by atoms with Crippen molar-refractivity contribution in [3.63, 3.8) is 0 Å². The van der Waals surface area contributed by atoms with E-state index >= 15 is 0 Å². The highest BCUT2D eigenvalue weighted by Gasteiger charge is 2.30. The van der Waals surface area contributed by atoms with Crippen molar-refractivity contribution in [2.75, 3.05) is 25.3 Å². The van der Waals surface area contributed by atoms with Gasteiger partial charge < -0.3 is 19.5 Å². The Bertz CT molecular complexity index is 665. The van der Waals surface area contributed by atoms with Crippen LogP contribution < -0.4 is 14.8 Å². The Morgan fingerprint density at radius 2 is 2.10 bits per heavy atom. The van der Waals surface area contributed by atoms with Gasteiger partial charge in [-0.05, 0) is 36.9 Å². The summed E-state index contributed by atoms with van der Waals surface area (Å²) in [6, 6.07) is 5.97. The molecule has 2 aliphatic heterocycles. The van der Waals surface area contributed by atoms with E-state index in [1.165, 1.54) is 0 Å². The lowest BCUT2D eigenvalue weighted by atomic mass is 10.0. The number of nitrogens with one attached hydrogen (secondary N) is 1. The molecule has 0 radical (unpaired) electrons. The molecule has 0 amide bonds. The summed E-state index contributed by atoms with van der Waals surface area (Å²) in [5.74, 6) is 2.44. The Balaban J connectivity index is 1.79. The third-order valence-electron chi connectivity index (χ3n) is 3.90. The average molecular weight is 272 g/mol. The minimum Gasteiger partial charge on any atom is -0.454 e. The van der Waals surface area contributed by atoms with Crippen LogP contribution in [-0.4, -0.2) is 30.5 Å². The van der Waals surface area contributed by atoms with Crippen molar-refractivity contribution in [2.24, 2.45) is 0 Å². The number of pyridine rings is 1. The van der Waals surface area contributed by atoms with Crippen LogP contribution in [0.2, 0.25) is 0 Å². The topological polar surface area (TPSA) is 52.6 Å². The zero-order chi connectivity index (χ0) is 13.6. The number of ether oxygens (including phenoxy) is 3. The largest absolute Gasteiger partial charge is 0.454 e. The molecule has 0 saturated carbocycles. The van der Waals surface area contributed by atoms with E-state index in [9.17, 15) is 0 Å². The van der Waals surface area contributed by atoms with Crippen LogP contribution in [0.5, 0.6) is 11.5 Å². The summed E-state index contributed by atoms with van der Waals surface area (Å²) in [5.41, 5.74) is -0.0579. The zero-order valence-corrected chi connectivity index (χ0v) is 11.3. The van der Waals surface area contributed by atoms with E-state index < -0.39 is 0 Å². The monoisotopic (exact) mass is 272 g/mol. The molecule has 20 heavy (non-hydrogen) atoms. The highest BCUT2D eigenvalue weighted by molar-refractivity contribution is 5.94. The number of aromatic nitrogens is 1. The molecule has 5 nitrogen and oxygen atoms in total. The Morgan fingerprint density at radius 1 is 1.25 bits per heavy atom. The Labute approximate surface area is 116 Å². The summed E-state index contributed by atoms with van der Waals surface area (Å²) in [7, 11) is 0. The van der Waals surface area contributed by atoms with E-state index in [2.05, 4.69) is 17.2 Å². The summed E-state index contributed by atoms with van der Waals surface area (Å²) in [6.45, 7) is 3.94. The van der Waals surface area contributed by atoms with Crippen LogP contribution in [0.15, 0.2) is 24.4 Å². The predicted molar refractivity (Wildman–Crippen MR) is 75.3 cm³/mol. The van der Waals surface area contributed by atoms with Gasteiger partial charge in [0.15, 0.2) is 11.5 Å². The number of rotatable bonds is 2. The SMILES string of the molecule is CC1(Nc2nccc3cc4c(cc23)OCO4)CCOC1. The van der Waals surface area contributed by atoms with Gasteiger partial charge in [-0.15, -0.1) is 0 Å². The molecule has 1 atom stereocenters. The lowest BCUT2D eigenvalue weighted by Gasteiger charge is -2.25. The molecule has 1 fully saturated rings. The van der Waals surface area contributed by atoms with Crippen LogP contribution in [0.1, 0.15) is 13.3 Å². The molecule has 5 heteroatoms. The molecule has 1 unspecified atom stereocenters. The maximum atomic E-state index is 5.48. The van der Waals surface area contributed by atoms with E-state index in [1.54, 1.807) is 0 Å². The van der Waals surface area contributed by atoms with Crippen molar-refractivity contribution in [1.29, 1.82) is 0 Å². The molecule has 1 saturated heterocycles. The van der Waals surface area contributed by atoms with Gasteiger partial charge in [-0.2, -0.15) is 0 Å². The molecule has 2 aromatic rings. The molecule has 2 aliphatic rings. The molecule has 1 aromatic heterocycles. The minimum absolute atomic E-state index is 0.0579. The Kier molecular flexibility index (Phi) is 2.50. The van der Waals surface area contributed by atoms with Gasteiger partial charge >= 0.3 is 0 Å². The fraction of sp³-hybridized carbons (Fsp3) is 0.400. The van der Waals surface area contributed by atoms with Crippen LogP contribution in [0.3, 0.4) is 0 Å². The summed E-state index contributed by atoms with van der Waals surface area (Å²) in [6.07, 6.45) is 2.79. The molecule has 4 rings (SSSR count). The van der Waals surface area contributed by atoms with Gasteiger partial charge in [0.25, 0.3) is 0 Å². The van der Waals surface area contributed by atoms with Crippen LogP contribution in [0.25, 0.3) is 10.8 Å². The maximum Gasteiger partial charge on any atom is 0.231 e. The van der Waals surface area contributed by atoms with Gasteiger partial charge in [-0.3, -0.25) is 0 Å². The first-order valence-corrected chi connectivity index (χ1v) is 6.78. The lowest BCUT2D eigenvalue weighted by Crippen LogP contribution is -2.35. The smallest absolute Gasteiger partial charge is 0.231 e. The lowest BCUT2D eigenvalue weighted by molar-refractivity contribution is 0.174. The Hall–Kier alpha value is -2.01. The molecule has 0 bridgehead atoms. The summed E-state index contributed by atoms with van der Waals surface area (Å²) in [4.78, 5) is 4.48. The standard InChI is InChI=1S/C15H16N2O3/c1-15(3-5-18-8-15)17-14-11-7-13-12(19-9-20-13)6-10(11)2-4-16-14/h2,4,6-7H,3,5,8-9H2,1H3,(H,16,17). The van der Waals surface area contributed by atoms with Crippen molar-refractivity contribution in [2.45, 2.75) is 18.9 Å². The van der Waals surface area contributed by atoms with Gasteiger partial charge in [-0.1, -0.05) is 0 Å². The van der Waals surface area contributed by atoms with Crippen molar-refractivity contribution >= 4 is 16.6 Å². The molecule has 3 heterocycles. The van der Waals surface area contributed by atoms with Crippen LogP contribution in [-0.2, 0) is 4.74 Å². The first-order valence-electron chi connectivity index (χ1n) is 6.78. The van der Waals surface area contributed by atoms with E-state index in [0.717, 1.165) is 41.1 Å². The van der Waals surface area contributed by atoms with E-state index in [4.69, 9.17) is 14.2 Å². The molecular weight excluding hydrogens is 256 g/mol. The van der Waals surface area contributed by atoms with Gasteiger partial charge in [0, 0.05) is 18.2 Å². The van der Waals surface area contributed by atoms with Crippen molar-refractivity contribution < 1.29 is 14.2 Å². The number of hydrogen-bond acceptors (Lipinski definition) is 5. The van der Waals surface area contributed by atoms with Crippen molar-refractivity contribution in [1.82, 2.24) is 4.98 Å². The highest BCUT2D eigenvalue weighted by atomic mass is 16.7. The molecule has 1 N–H and O–H groups in total. The van der Waals surface area contributed by atoms with E-state index in [-0.39, 0.29) is 12.3 Å². The number of fused-ring (bicyclic) bond motifs is 2. The van der Waals surface area contributed by atoms with Crippen molar-refractivity contribution in [3.05, 3.63) is 24.4 Å². The van der Waals surface area contributed by atoms with Crippen LogP contribution in [0, 0.1) is 0 Å². The van der Waals surface area contributed by atoms with Crippen LogP contribution in [0.4, 0.5) is 5.82 Å². The molecule has 104 valence electrons. The summed E-state index contributed by atoms with van der Waals surface area (Å²) < 4.78 is 16.4. The second kappa shape index (κ2) is 4.24. The number of nitrogens with zero attached hydrogens (tertiary/aromatic N) is 1. The predicted octanol–water partition coefficient (Wildman–Crippen LogP) is 2.55. The quantitative estimate of drug-likeness (QED) is 0.910. The van der Waals surface area contributed by atoms with Gasteiger partial charge in [0.2, 0.25) is 6.79 Å². The summed E-state index contributed by atoms with van der Waals surface area (Å²) in [5, 5.41) is 5.66. The van der Waals surface area contributed by atoms with E-state index in [1.807, 2.05) is 24.4 Å². The number of benzene rings is 1. The normalized spacial score (nSPS) is 24.2. The molecule has 1 aromatic carbocycles. The second-order valence-corrected chi connectivity index (χ2v) is 5.57. The second-order valence-electron chi connectivity index (χ2n) is 5.57. The summed E-state index contributed by atoms with van der Waals surface area (Å²) >= 11 is 0. The first kappa shape index (κ1) is 11.8.